The highest BCUT2D eigenvalue weighted by molar-refractivity contribution is 5.31. The number of rotatable bonds is 35. The SMILES string of the molecule is CCC[NH+](C)CC.CCC[NH+](CC)c1ccccc1.CCN(C)CC.CCN(C)CC.CCN(C)CC.CC[NH+](C)C.CC[NH+](C)CC.CC[NH+](C)CC.CC[NH+](C)c1ccccc1.CC[NH+](CC)c1ccccc1.CC[NH+](CC)c1ccccc1.CC[NH+](CC)c1ccccc1.CC[NH+](CC)c1ccccc1.CC[NH+](CC)c1ccccc1. The van der Waals surface area contributed by atoms with Crippen molar-refractivity contribution in [3.05, 3.63) is 212 Å². The van der Waals surface area contributed by atoms with Crippen molar-refractivity contribution in [1.29, 1.82) is 0 Å². The molecule has 0 saturated carbocycles. The Bertz CT molecular complexity index is 2570. The maximum absolute atomic E-state index is 2.25. The lowest BCUT2D eigenvalue weighted by molar-refractivity contribution is -0.877. The van der Waals surface area contributed by atoms with Crippen molar-refractivity contribution in [2.24, 2.45) is 0 Å². The molecule has 0 aliphatic carbocycles. The van der Waals surface area contributed by atoms with E-state index in [0.29, 0.717) is 0 Å². The van der Waals surface area contributed by atoms with Gasteiger partial charge in [0.25, 0.3) is 0 Å². The van der Waals surface area contributed by atoms with Gasteiger partial charge < -0.3 is 68.6 Å². The first-order chi connectivity index (χ1) is 57.2. The Labute approximate surface area is 742 Å². The summed E-state index contributed by atoms with van der Waals surface area (Å²) in [5.74, 6) is 0. The second-order valence-corrected chi connectivity index (χ2v) is 30.4. The zero-order valence-electron chi connectivity index (χ0n) is 85.3. The van der Waals surface area contributed by atoms with Crippen molar-refractivity contribution in [3.8, 4) is 0 Å². The summed E-state index contributed by atoms with van der Waals surface area (Å²) >= 11 is 0. The lowest BCUT2D eigenvalue weighted by Gasteiger charge is -2.15. The third-order valence-electron chi connectivity index (χ3n) is 21.8. The fourth-order valence-electron chi connectivity index (χ4n) is 10.9. The average molecular weight is 1670 g/mol. The van der Waals surface area contributed by atoms with Gasteiger partial charge in [0.05, 0.1) is 173 Å². The van der Waals surface area contributed by atoms with Gasteiger partial charge in [0.15, 0.2) is 0 Å². The molecular weight excluding hydrogens is 1460 g/mol. The number of benzene rings is 7. The molecule has 14 heteroatoms. The summed E-state index contributed by atoms with van der Waals surface area (Å²) in [5, 5.41) is 0. The molecule has 0 amide bonds. The van der Waals surface area contributed by atoms with Gasteiger partial charge in [-0.25, -0.2) is 0 Å². The van der Waals surface area contributed by atoms with Gasteiger partial charge in [-0.05, 0) is 283 Å². The molecule has 3 unspecified atom stereocenters. The summed E-state index contributed by atoms with van der Waals surface area (Å²) in [5.41, 5.74) is 9.79. The first-order valence-electron chi connectivity index (χ1n) is 47.8. The number of hydrogen-bond acceptors (Lipinski definition) is 3. The second kappa shape index (κ2) is 95.8. The topological polar surface area (TPSA) is 58.6 Å². The van der Waals surface area contributed by atoms with E-state index in [0.717, 1.165) is 45.8 Å². The predicted octanol–water partition coefficient (Wildman–Crippen LogP) is 9.74. The number of nitrogens with zero attached hydrogens (tertiary/aromatic N) is 3. The zero-order chi connectivity index (χ0) is 91.7. The molecule has 3 atom stereocenters. The molecule has 14 nitrogen and oxygen atoms in total. The molecular formula is C105H207N14+11. The van der Waals surface area contributed by atoms with Crippen LogP contribution in [0.5, 0.6) is 0 Å². The van der Waals surface area contributed by atoms with Crippen molar-refractivity contribution < 1.29 is 53.9 Å². The van der Waals surface area contributed by atoms with Crippen LogP contribution in [0.25, 0.3) is 0 Å². The van der Waals surface area contributed by atoms with Crippen LogP contribution in [0.4, 0.5) is 39.8 Å². The molecule has 11 N–H and O–H groups in total. The molecule has 7 aromatic carbocycles. The van der Waals surface area contributed by atoms with Crippen LogP contribution >= 0.6 is 0 Å². The molecule has 0 fully saturated rings. The fourth-order valence-corrected chi connectivity index (χ4v) is 10.9. The predicted molar refractivity (Wildman–Crippen MR) is 535 cm³/mol. The van der Waals surface area contributed by atoms with Crippen LogP contribution in [0.2, 0.25) is 0 Å². The molecule has 7 rings (SSSR count). The molecule has 0 aliphatic heterocycles. The van der Waals surface area contributed by atoms with E-state index in [2.05, 4.69) is 464 Å². The summed E-state index contributed by atoms with van der Waals surface area (Å²) in [6.45, 7) is 88.1. The van der Waals surface area contributed by atoms with Crippen molar-refractivity contribution in [3.63, 3.8) is 0 Å². The van der Waals surface area contributed by atoms with Gasteiger partial charge in [-0.2, -0.15) is 0 Å². The van der Waals surface area contributed by atoms with Gasteiger partial charge in [0.1, 0.15) is 39.8 Å². The molecule has 7 aromatic rings. The molecule has 0 spiro atoms. The fraction of sp³-hybridized carbons (Fsp3) is 0.600. The van der Waals surface area contributed by atoms with E-state index in [1.165, 1.54) is 187 Å². The average Bonchev–Trinajstić information content (AvgIpc) is 0.920. The number of hydrogen-bond donors (Lipinski definition) is 11. The summed E-state index contributed by atoms with van der Waals surface area (Å²) in [6.07, 6.45) is 2.55. The Kier molecular flexibility index (Phi) is 102. The maximum Gasteiger partial charge on any atom is 0.131 e. The Balaban J connectivity index is -0.000000229. The number of nitrogens with one attached hydrogen (secondary N) is 11. The minimum Gasteiger partial charge on any atom is -0.340 e. The second-order valence-electron chi connectivity index (χ2n) is 30.4. The van der Waals surface area contributed by atoms with Gasteiger partial charge in [-0.1, -0.05) is 183 Å². The summed E-state index contributed by atoms with van der Waals surface area (Å²) < 4.78 is 0. The van der Waals surface area contributed by atoms with Gasteiger partial charge in [0, 0.05) is 0 Å². The van der Waals surface area contributed by atoms with Crippen LogP contribution in [-0.4, -0.2) is 248 Å². The van der Waals surface area contributed by atoms with Gasteiger partial charge in [-0.3, -0.25) is 0 Å². The van der Waals surface area contributed by atoms with Gasteiger partial charge >= 0.3 is 0 Å². The largest absolute Gasteiger partial charge is 0.340 e. The maximum atomic E-state index is 2.25. The summed E-state index contributed by atoms with van der Waals surface area (Å²) in [4.78, 5) is 23.8. The van der Waals surface area contributed by atoms with Gasteiger partial charge in [0.2, 0.25) is 0 Å². The zero-order valence-corrected chi connectivity index (χ0v) is 85.3. The van der Waals surface area contributed by atoms with E-state index >= 15 is 0 Å². The Hall–Kier alpha value is -6.02. The first-order valence-corrected chi connectivity index (χ1v) is 47.8. The molecule has 0 aliphatic rings. The van der Waals surface area contributed by atoms with Crippen molar-refractivity contribution in [1.82, 2.24) is 14.7 Å². The molecule has 0 radical (unpaired) electrons. The van der Waals surface area contributed by atoms with E-state index in [1.54, 1.807) is 44.1 Å². The van der Waals surface area contributed by atoms with E-state index in [9.17, 15) is 0 Å². The van der Waals surface area contributed by atoms with Crippen LogP contribution in [0, 0.1) is 0 Å². The molecule has 119 heavy (non-hydrogen) atoms. The van der Waals surface area contributed by atoms with Crippen LogP contribution in [-0.2, 0) is 0 Å². The molecule has 0 saturated heterocycles. The summed E-state index contributed by atoms with van der Waals surface area (Å²) in [6, 6.07) is 74.3. The van der Waals surface area contributed by atoms with E-state index < -0.39 is 0 Å². The van der Waals surface area contributed by atoms with Gasteiger partial charge in [-0.15, -0.1) is 0 Å². The van der Waals surface area contributed by atoms with Crippen LogP contribution in [0.15, 0.2) is 212 Å². The van der Waals surface area contributed by atoms with Crippen LogP contribution < -0.4 is 53.9 Å². The molecule has 0 aromatic heterocycles. The van der Waals surface area contributed by atoms with Crippen LogP contribution in [0.1, 0.15) is 193 Å². The van der Waals surface area contributed by atoms with E-state index in [4.69, 9.17) is 0 Å². The standard InChI is InChI=1S/C11H17N.5C10H15N.C9H13N.C6H15N.5C5H13N.C4H11N/c1-3-10-12(4-2)11-8-6-5-7-9-11;5*1-3-11(4-2)10-8-6-5-7-9-10;1-3-10(2)9-7-5-4-6-8-9;1-4-6-7(3)5-2;5*1-4-6(3)5-2;1-4-5(2)3/h5-9H,3-4,10H2,1-2H3;5*5-9H,3-4H2,1-2H3;4-8H,3H2,1-2H3;4-6H2,1-3H3;5*4-5H2,1-3H3;4H2,1-3H3/p+11. The Morgan fingerprint density at radius 3 is 0.437 bits per heavy atom. The quantitative estimate of drug-likeness (QED) is 0.0197. The minimum absolute atomic E-state index is 1.14. The smallest absolute Gasteiger partial charge is 0.131 e. The monoisotopic (exact) mass is 1660 g/mol. The minimum atomic E-state index is 1.14. The number of quaternary nitrogens is 11. The van der Waals surface area contributed by atoms with Crippen molar-refractivity contribution >= 4 is 39.8 Å². The van der Waals surface area contributed by atoms with Crippen LogP contribution in [0.3, 0.4) is 0 Å². The highest BCUT2D eigenvalue weighted by Crippen LogP contribution is 2.03. The van der Waals surface area contributed by atoms with Crippen molar-refractivity contribution in [2.45, 2.75) is 193 Å². The Morgan fingerprint density at radius 2 is 0.336 bits per heavy atom. The van der Waals surface area contributed by atoms with E-state index in [-0.39, 0.29) is 0 Å². The first kappa shape index (κ1) is 126. The highest BCUT2D eigenvalue weighted by Gasteiger charge is 2.10. The molecule has 0 bridgehead atoms. The molecule has 0 heterocycles. The lowest BCUT2D eigenvalue weighted by atomic mass is 10.3. The summed E-state index contributed by atoms with van der Waals surface area (Å²) in [7, 11) is 19.4. The van der Waals surface area contributed by atoms with Crippen molar-refractivity contribution in [2.75, 3.05) is 234 Å². The lowest BCUT2D eigenvalue weighted by Crippen LogP contribution is -3.08. The molecule has 686 valence electrons. The Morgan fingerprint density at radius 1 is 0.176 bits per heavy atom. The third kappa shape index (κ3) is 77.8. The third-order valence-corrected chi connectivity index (χ3v) is 21.8. The highest BCUT2D eigenvalue weighted by atomic mass is 15.2. The number of para-hydroxylation sites is 7. The normalized spacial score (nSPS) is 11.0. The van der Waals surface area contributed by atoms with E-state index in [1.807, 2.05) is 6.07 Å².